The summed E-state index contributed by atoms with van der Waals surface area (Å²) in [6.45, 7) is 12.5. The summed E-state index contributed by atoms with van der Waals surface area (Å²) in [5.41, 5.74) is 8.75. The summed E-state index contributed by atoms with van der Waals surface area (Å²) >= 11 is 0. The molecule has 8 nitrogen and oxygen atoms in total. The summed E-state index contributed by atoms with van der Waals surface area (Å²) in [4.78, 5) is 32.6. The summed E-state index contributed by atoms with van der Waals surface area (Å²) in [5, 5.41) is 3.30. The molecule has 1 saturated carbocycles. The highest BCUT2D eigenvalue weighted by Crippen LogP contribution is 2.47. The van der Waals surface area contributed by atoms with Gasteiger partial charge in [0.2, 0.25) is 11.8 Å². The number of hydrogen-bond donors (Lipinski definition) is 2. The second-order valence-electron chi connectivity index (χ2n) is 11.7. The number of carbonyl (C=O) groups excluding carboxylic acids is 2. The number of methoxy groups -OCH3 is 1. The van der Waals surface area contributed by atoms with E-state index in [0.29, 0.717) is 32.3 Å². The van der Waals surface area contributed by atoms with Gasteiger partial charge in [0, 0.05) is 37.7 Å². The van der Waals surface area contributed by atoms with Crippen LogP contribution in [0, 0.1) is 25.7 Å². The first-order valence-electron chi connectivity index (χ1n) is 12.6. The van der Waals surface area contributed by atoms with E-state index in [-0.39, 0.29) is 47.3 Å². The Morgan fingerprint density at radius 3 is 2.63 bits per heavy atom. The van der Waals surface area contributed by atoms with Crippen LogP contribution in [0.4, 0.5) is 0 Å². The Hall–Kier alpha value is -2.61. The van der Waals surface area contributed by atoms with E-state index in [2.05, 4.69) is 50.1 Å². The molecule has 8 heteroatoms. The van der Waals surface area contributed by atoms with Gasteiger partial charge in [-0.3, -0.25) is 14.5 Å². The number of nitrogens with zero attached hydrogens (tertiary/aromatic N) is 2. The van der Waals surface area contributed by atoms with Gasteiger partial charge in [-0.1, -0.05) is 6.07 Å². The molecule has 0 spiro atoms. The quantitative estimate of drug-likeness (QED) is 0.617. The number of fused-ring (bicyclic) bond motifs is 1. The van der Waals surface area contributed by atoms with Crippen molar-refractivity contribution < 1.29 is 19.1 Å². The molecule has 1 aromatic rings. The molecule has 35 heavy (non-hydrogen) atoms. The van der Waals surface area contributed by atoms with Gasteiger partial charge in [0.05, 0.1) is 18.0 Å². The number of ether oxygens (including phenoxy) is 2. The van der Waals surface area contributed by atoms with Gasteiger partial charge < -0.3 is 20.5 Å². The molecule has 3 aliphatic rings. The average Bonchev–Trinajstić information content (AvgIpc) is 3.51. The lowest BCUT2D eigenvalue weighted by atomic mass is 9.88. The lowest BCUT2D eigenvalue weighted by Crippen LogP contribution is -2.55. The minimum absolute atomic E-state index is 0.0181. The Bertz CT molecular complexity index is 1050. The lowest BCUT2D eigenvalue weighted by Gasteiger charge is -2.39. The smallest absolute Gasteiger partial charge is 0.231 e. The van der Waals surface area contributed by atoms with Crippen molar-refractivity contribution in [1.82, 2.24) is 10.2 Å². The Morgan fingerprint density at radius 2 is 1.97 bits per heavy atom. The van der Waals surface area contributed by atoms with Crippen molar-refractivity contribution in [2.75, 3.05) is 13.7 Å². The van der Waals surface area contributed by atoms with Gasteiger partial charge in [-0.15, -0.1) is 0 Å². The van der Waals surface area contributed by atoms with Crippen molar-refractivity contribution >= 4 is 17.8 Å². The van der Waals surface area contributed by atoms with E-state index in [0.717, 1.165) is 11.3 Å². The van der Waals surface area contributed by atoms with Crippen molar-refractivity contribution in [3.05, 3.63) is 28.8 Å². The molecule has 4 rings (SSSR count). The molecular weight excluding hydrogens is 444 g/mol. The number of rotatable bonds is 7. The Balaban J connectivity index is 1.52. The van der Waals surface area contributed by atoms with E-state index in [1.54, 1.807) is 12.0 Å². The van der Waals surface area contributed by atoms with Crippen LogP contribution in [0.5, 0.6) is 5.75 Å². The van der Waals surface area contributed by atoms with Crippen molar-refractivity contribution in [3.8, 4) is 5.75 Å². The second kappa shape index (κ2) is 9.12. The number of aryl methyl sites for hydroxylation is 2. The minimum atomic E-state index is -0.510. The van der Waals surface area contributed by atoms with E-state index in [9.17, 15) is 9.59 Å². The van der Waals surface area contributed by atoms with Crippen LogP contribution in [0.2, 0.25) is 0 Å². The molecule has 1 aliphatic carbocycles. The topological polar surface area (TPSA) is 106 Å². The summed E-state index contributed by atoms with van der Waals surface area (Å²) in [5.74, 6) is 0.907. The zero-order valence-electron chi connectivity index (χ0n) is 22.1. The number of aliphatic imine (C=N–C) groups is 1. The molecule has 192 valence electrons. The molecule has 1 aromatic carbocycles. The second-order valence-corrected chi connectivity index (χ2v) is 11.7. The van der Waals surface area contributed by atoms with Gasteiger partial charge in [0.15, 0.2) is 5.96 Å². The van der Waals surface area contributed by atoms with Crippen LogP contribution in [0.25, 0.3) is 0 Å². The number of nitrogens with one attached hydrogen (secondary N) is 1. The molecule has 4 atom stereocenters. The zero-order chi connectivity index (χ0) is 25.7. The molecule has 4 unspecified atom stereocenters. The van der Waals surface area contributed by atoms with E-state index in [1.165, 1.54) is 11.1 Å². The third kappa shape index (κ3) is 5.32. The monoisotopic (exact) mass is 484 g/mol. The van der Waals surface area contributed by atoms with Crippen LogP contribution < -0.4 is 15.8 Å². The number of carbonyl (C=O) groups is 2. The first kappa shape index (κ1) is 25.5. The van der Waals surface area contributed by atoms with Gasteiger partial charge in [0.25, 0.3) is 0 Å². The van der Waals surface area contributed by atoms with E-state index in [1.807, 2.05) is 13.8 Å². The Kier molecular flexibility index (Phi) is 6.64. The first-order valence-corrected chi connectivity index (χ1v) is 12.6. The standard InChI is InChI=1S/C27H40N4O4/c1-15-10-19-20(13-27(5,6)35-22(19)11-16(15)2)29-24(33)18-12-17(18)21(8-9-34-7)31-23(32)14-26(3,4)30-25(31)28/h10-11,17-18,20-21H,8-9,12-14H2,1-7H3,(H2,28,30)(H,29,33). The number of guanidine groups is 1. The molecule has 0 aromatic heterocycles. The van der Waals surface area contributed by atoms with Crippen LogP contribution in [0.1, 0.15) is 76.1 Å². The molecule has 0 bridgehead atoms. The molecular formula is C27H40N4O4. The summed E-state index contributed by atoms with van der Waals surface area (Å²) in [7, 11) is 1.64. The first-order chi connectivity index (χ1) is 16.3. The highest BCUT2D eigenvalue weighted by molar-refractivity contribution is 5.99. The summed E-state index contributed by atoms with van der Waals surface area (Å²) in [6, 6.07) is 3.86. The fourth-order valence-electron chi connectivity index (χ4n) is 5.58. The average molecular weight is 485 g/mol. The molecule has 3 N–H and O–H groups in total. The van der Waals surface area contributed by atoms with Gasteiger partial charge in [-0.05, 0) is 77.5 Å². The van der Waals surface area contributed by atoms with Crippen LogP contribution in [-0.4, -0.2) is 53.6 Å². The fraction of sp³-hybridized carbons (Fsp3) is 0.667. The predicted molar refractivity (Wildman–Crippen MR) is 135 cm³/mol. The van der Waals surface area contributed by atoms with E-state index in [4.69, 9.17) is 15.2 Å². The fourth-order valence-corrected chi connectivity index (χ4v) is 5.58. The normalized spacial score (nSPS) is 27.4. The molecule has 0 radical (unpaired) electrons. The van der Waals surface area contributed by atoms with Crippen LogP contribution in [0.15, 0.2) is 17.1 Å². The third-order valence-electron chi connectivity index (χ3n) is 7.54. The maximum absolute atomic E-state index is 13.4. The molecule has 2 amide bonds. The molecule has 0 saturated heterocycles. The maximum Gasteiger partial charge on any atom is 0.231 e. The van der Waals surface area contributed by atoms with Crippen molar-refractivity contribution in [1.29, 1.82) is 0 Å². The number of hydrogen-bond acceptors (Lipinski definition) is 6. The number of amides is 2. The van der Waals surface area contributed by atoms with E-state index >= 15 is 0 Å². The Morgan fingerprint density at radius 1 is 1.29 bits per heavy atom. The molecule has 2 heterocycles. The Labute approximate surface area is 208 Å². The van der Waals surface area contributed by atoms with Crippen LogP contribution in [0.3, 0.4) is 0 Å². The van der Waals surface area contributed by atoms with Gasteiger partial charge in [-0.2, -0.15) is 0 Å². The lowest BCUT2D eigenvalue weighted by molar-refractivity contribution is -0.132. The number of nitrogens with two attached hydrogens (primary N) is 1. The van der Waals surface area contributed by atoms with E-state index < -0.39 is 5.54 Å². The SMILES string of the molecule is COCCC(C1CC1C(=O)NC1CC(C)(C)Oc2cc(C)c(C)cc21)N1C(=O)CC(C)(C)N=C1N. The van der Waals surface area contributed by atoms with Crippen LogP contribution >= 0.6 is 0 Å². The van der Waals surface area contributed by atoms with Crippen molar-refractivity contribution in [2.45, 2.75) is 90.4 Å². The predicted octanol–water partition coefficient (Wildman–Crippen LogP) is 3.39. The van der Waals surface area contributed by atoms with Gasteiger partial charge >= 0.3 is 0 Å². The summed E-state index contributed by atoms with van der Waals surface area (Å²) in [6.07, 6.45) is 2.32. The maximum atomic E-state index is 13.4. The van der Waals surface area contributed by atoms with Gasteiger partial charge in [0.1, 0.15) is 11.4 Å². The summed E-state index contributed by atoms with van der Waals surface area (Å²) < 4.78 is 11.5. The van der Waals surface area contributed by atoms with Crippen molar-refractivity contribution in [3.63, 3.8) is 0 Å². The van der Waals surface area contributed by atoms with Crippen molar-refractivity contribution in [2.24, 2.45) is 22.6 Å². The number of benzene rings is 1. The molecule has 2 aliphatic heterocycles. The van der Waals surface area contributed by atoms with Crippen LogP contribution in [-0.2, 0) is 14.3 Å². The zero-order valence-corrected chi connectivity index (χ0v) is 22.1. The van der Waals surface area contributed by atoms with Gasteiger partial charge in [-0.25, -0.2) is 4.99 Å². The largest absolute Gasteiger partial charge is 0.487 e. The highest BCUT2D eigenvalue weighted by atomic mass is 16.5. The minimum Gasteiger partial charge on any atom is -0.487 e. The highest BCUT2D eigenvalue weighted by Gasteiger charge is 2.52. The third-order valence-corrected chi connectivity index (χ3v) is 7.54. The molecule has 1 fully saturated rings.